The maximum absolute atomic E-state index is 13.4. The molecule has 2 aromatic carbocycles. The molecule has 1 unspecified atom stereocenters. The number of piperidine rings is 1. The van der Waals surface area contributed by atoms with Crippen molar-refractivity contribution in [3.05, 3.63) is 71.8 Å². The molecule has 0 saturated carbocycles. The van der Waals surface area contributed by atoms with Crippen molar-refractivity contribution in [2.75, 3.05) is 19.4 Å². The minimum absolute atomic E-state index is 0.135. The van der Waals surface area contributed by atoms with Gasteiger partial charge in [0.15, 0.2) is 0 Å². The summed E-state index contributed by atoms with van der Waals surface area (Å²) in [7, 11) is 1.67. The first-order chi connectivity index (χ1) is 14.1. The Morgan fingerprint density at radius 3 is 2.59 bits per heavy atom. The summed E-state index contributed by atoms with van der Waals surface area (Å²) in [6.45, 7) is 1.81. The highest BCUT2D eigenvalue weighted by Gasteiger charge is 2.28. The van der Waals surface area contributed by atoms with E-state index in [-0.39, 0.29) is 17.8 Å². The Hall–Kier alpha value is -2.99. The third-order valence-corrected chi connectivity index (χ3v) is 5.47. The first kappa shape index (κ1) is 19.3. The van der Waals surface area contributed by atoms with Gasteiger partial charge < -0.3 is 10.5 Å². The number of hydrogen-bond donors (Lipinski definition) is 1. The number of halogens is 1. The zero-order valence-corrected chi connectivity index (χ0v) is 16.5. The molecule has 4 rings (SSSR count). The maximum Gasteiger partial charge on any atom is 0.220 e. The molecule has 1 aliphatic heterocycles. The second-order valence-electron chi connectivity index (χ2n) is 7.36. The van der Waals surface area contributed by atoms with Crippen LogP contribution in [0.2, 0.25) is 0 Å². The van der Waals surface area contributed by atoms with Crippen molar-refractivity contribution >= 4 is 5.95 Å². The largest absolute Gasteiger partial charge is 0.497 e. The molecule has 2 heterocycles. The molecule has 2 N–H and O–H groups in total. The standard InChI is InChI=1S/C23H25FN4O/c1-29-19-11-5-16(6-12-19)15-28-13-3-2-4-21(28)22-20(14-26-23(25)27-22)17-7-9-18(24)10-8-17/h5-12,14,21H,2-4,13,15H2,1H3,(H2,25,26,27). The molecular formula is C23H25FN4O. The molecule has 29 heavy (non-hydrogen) atoms. The maximum atomic E-state index is 13.4. The SMILES string of the molecule is COc1ccc(CN2CCCCC2c2nc(N)ncc2-c2ccc(F)cc2)cc1. The summed E-state index contributed by atoms with van der Waals surface area (Å²) in [4.78, 5) is 11.3. The van der Waals surface area contributed by atoms with Gasteiger partial charge >= 0.3 is 0 Å². The average Bonchev–Trinajstić information content (AvgIpc) is 2.75. The van der Waals surface area contributed by atoms with Crippen LogP contribution in [0.5, 0.6) is 5.75 Å². The molecular weight excluding hydrogens is 367 g/mol. The number of benzene rings is 2. The van der Waals surface area contributed by atoms with Crippen molar-refractivity contribution in [2.24, 2.45) is 0 Å². The van der Waals surface area contributed by atoms with Crippen molar-refractivity contribution in [1.82, 2.24) is 14.9 Å². The van der Waals surface area contributed by atoms with Gasteiger partial charge in [0, 0.05) is 18.3 Å². The lowest BCUT2D eigenvalue weighted by Crippen LogP contribution is -2.34. The summed E-state index contributed by atoms with van der Waals surface area (Å²) in [5.74, 6) is 0.859. The summed E-state index contributed by atoms with van der Waals surface area (Å²) >= 11 is 0. The number of nitrogens with two attached hydrogens (primary N) is 1. The van der Waals surface area contributed by atoms with Gasteiger partial charge in [0.05, 0.1) is 18.8 Å². The highest BCUT2D eigenvalue weighted by atomic mass is 19.1. The highest BCUT2D eigenvalue weighted by molar-refractivity contribution is 5.66. The number of ether oxygens (including phenoxy) is 1. The first-order valence-electron chi connectivity index (χ1n) is 9.89. The molecule has 0 aliphatic carbocycles. The number of methoxy groups -OCH3 is 1. The highest BCUT2D eigenvalue weighted by Crippen LogP contribution is 2.36. The lowest BCUT2D eigenvalue weighted by Gasteiger charge is -2.36. The van der Waals surface area contributed by atoms with Crippen LogP contribution < -0.4 is 10.5 Å². The number of hydrogen-bond acceptors (Lipinski definition) is 5. The number of aromatic nitrogens is 2. The van der Waals surface area contributed by atoms with E-state index in [1.165, 1.54) is 17.7 Å². The molecule has 3 aromatic rings. The summed E-state index contributed by atoms with van der Waals surface area (Å²) in [5.41, 5.74) is 9.90. The number of anilines is 1. The Labute approximate surface area is 170 Å². The van der Waals surface area contributed by atoms with E-state index in [2.05, 4.69) is 27.0 Å². The molecule has 1 saturated heterocycles. The van der Waals surface area contributed by atoms with Crippen LogP contribution in [0.3, 0.4) is 0 Å². The van der Waals surface area contributed by atoms with Crippen LogP contribution in [0, 0.1) is 5.82 Å². The molecule has 1 aromatic heterocycles. The molecule has 5 nitrogen and oxygen atoms in total. The minimum Gasteiger partial charge on any atom is -0.497 e. The number of nitrogens with zero attached hydrogens (tertiary/aromatic N) is 3. The van der Waals surface area contributed by atoms with E-state index in [9.17, 15) is 4.39 Å². The van der Waals surface area contributed by atoms with Crippen molar-refractivity contribution in [1.29, 1.82) is 0 Å². The van der Waals surface area contributed by atoms with Gasteiger partial charge in [-0.25, -0.2) is 14.4 Å². The van der Waals surface area contributed by atoms with Gasteiger partial charge in [-0.3, -0.25) is 4.90 Å². The molecule has 1 fully saturated rings. The van der Waals surface area contributed by atoms with E-state index < -0.39 is 0 Å². The molecule has 1 atom stereocenters. The normalized spacial score (nSPS) is 17.2. The summed E-state index contributed by atoms with van der Waals surface area (Å²) < 4.78 is 18.7. The summed E-state index contributed by atoms with van der Waals surface area (Å²) in [5, 5.41) is 0. The molecule has 0 radical (unpaired) electrons. The molecule has 1 aliphatic rings. The fourth-order valence-corrected chi connectivity index (χ4v) is 3.97. The van der Waals surface area contributed by atoms with Gasteiger partial charge in [-0.1, -0.05) is 30.7 Å². The lowest BCUT2D eigenvalue weighted by molar-refractivity contribution is 0.137. The average molecular weight is 392 g/mol. The van der Waals surface area contributed by atoms with Gasteiger partial charge in [-0.05, 0) is 54.8 Å². The Morgan fingerprint density at radius 1 is 1.10 bits per heavy atom. The molecule has 6 heteroatoms. The number of likely N-dealkylation sites (tertiary alicyclic amines) is 1. The van der Waals surface area contributed by atoms with Crippen LogP contribution >= 0.6 is 0 Å². The Kier molecular flexibility index (Phi) is 5.71. The van der Waals surface area contributed by atoms with Crippen LogP contribution in [-0.4, -0.2) is 28.5 Å². The molecule has 0 amide bonds. The second-order valence-corrected chi connectivity index (χ2v) is 7.36. The zero-order valence-electron chi connectivity index (χ0n) is 16.5. The van der Waals surface area contributed by atoms with Gasteiger partial charge in [-0.15, -0.1) is 0 Å². The van der Waals surface area contributed by atoms with E-state index in [1.807, 2.05) is 12.1 Å². The Morgan fingerprint density at radius 2 is 1.86 bits per heavy atom. The van der Waals surface area contributed by atoms with Gasteiger partial charge in [0.25, 0.3) is 0 Å². The molecule has 0 spiro atoms. The summed E-state index contributed by atoms with van der Waals surface area (Å²) in [6, 6.07) is 14.8. The predicted octanol–water partition coefficient (Wildman–Crippen LogP) is 4.60. The van der Waals surface area contributed by atoms with E-state index in [1.54, 1.807) is 25.4 Å². The van der Waals surface area contributed by atoms with Crippen LogP contribution in [0.25, 0.3) is 11.1 Å². The molecule has 0 bridgehead atoms. The van der Waals surface area contributed by atoms with Gasteiger partial charge in [-0.2, -0.15) is 0 Å². The minimum atomic E-state index is -0.259. The van der Waals surface area contributed by atoms with Gasteiger partial charge in [0.2, 0.25) is 5.95 Å². The van der Waals surface area contributed by atoms with Crippen molar-refractivity contribution in [2.45, 2.75) is 31.8 Å². The fraction of sp³-hybridized carbons (Fsp3) is 0.304. The van der Waals surface area contributed by atoms with Crippen LogP contribution in [0.1, 0.15) is 36.6 Å². The van der Waals surface area contributed by atoms with Crippen LogP contribution in [0.4, 0.5) is 10.3 Å². The quantitative estimate of drug-likeness (QED) is 0.687. The number of nitrogen functional groups attached to an aromatic ring is 1. The van der Waals surface area contributed by atoms with E-state index >= 15 is 0 Å². The van der Waals surface area contributed by atoms with Crippen molar-refractivity contribution in [3.8, 4) is 16.9 Å². The number of rotatable bonds is 5. The second kappa shape index (κ2) is 8.57. The van der Waals surface area contributed by atoms with Crippen molar-refractivity contribution < 1.29 is 9.13 Å². The smallest absolute Gasteiger partial charge is 0.220 e. The van der Waals surface area contributed by atoms with Crippen LogP contribution in [0.15, 0.2) is 54.7 Å². The molecule has 150 valence electrons. The Balaban J connectivity index is 1.67. The zero-order chi connectivity index (χ0) is 20.2. The van der Waals surface area contributed by atoms with E-state index in [0.29, 0.717) is 0 Å². The predicted molar refractivity (Wildman–Crippen MR) is 112 cm³/mol. The van der Waals surface area contributed by atoms with Gasteiger partial charge in [0.1, 0.15) is 11.6 Å². The monoisotopic (exact) mass is 392 g/mol. The van der Waals surface area contributed by atoms with Crippen LogP contribution in [-0.2, 0) is 6.54 Å². The van der Waals surface area contributed by atoms with Crippen molar-refractivity contribution in [3.63, 3.8) is 0 Å². The lowest BCUT2D eigenvalue weighted by atomic mass is 9.93. The topological polar surface area (TPSA) is 64.3 Å². The van der Waals surface area contributed by atoms with E-state index in [4.69, 9.17) is 10.5 Å². The third-order valence-electron chi connectivity index (χ3n) is 5.47. The Bertz CT molecular complexity index is 960. The third kappa shape index (κ3) is 4.38. The van der Waals surface area contributed by atoms with E-state index in [0.717, 1.165) is 54.9 Å². The first-order valence-corrected chi connectivity index (χ1v) is 9.89. The fourth-order valence-electron chi connectivity index (χ4n) is 3.97. The summed E-state index contributed by atoms with van der Waals surface area (Å²) in [6.07, 6.45) is 5.04.